The summed E-state index contributed by atoms with van der Waals surface area (Å²) in [5, 5.41) is 14.0. The molecule has 0 aromatic heterocycles. The monoisotopic (exact) mass is 458 g/mol. The van der Waals surface area contributed by atoms with Crippen molar-refractivity contribution in [2.75, 3.05) is 38.2 Å². The van der Waals surface area contributed by atoms with E-state index in [1.807, 2.05) is 48.5 Å². The number of rotatable bonds is 7. The molecular formula is C27H30N4O3. The number of aromatic hydroxyl groups is 1. The predicted molar refractivity (Wildman–Crippen MR) is 135 cm³/mol. The van der Waals surface area contributed by atoms with Gasteiger partial charge in [0.1, 0.15) is 11.5 Å². The second-order valence-electron chi connectivity index (χ2n) is 8.29. The number of hydrogen-bond acceptors (Lipinski definition) is 6. The molecule has 1 amide bonds. The van der Waals surface area contributed by atoms with E-state index in [0.717, 1.165) is 49.7 Å². The van der Waals surface area contributed by atoms with E-state index in [0.29, 0.717) is 16.8 Å². The average molecular weight is 459 g/mol. The maximum absolute atomic E-state index is 12.5. The topological polar surface area (TPSA) is 77.4 Å². The molecule has 1 saturated heterocycles. The number of hydrazone groups is 1. The van der Waals surface area contributed by atoms with Gasteiger partial charge in [0.15, 0.2) is 0 Å². The summed E-state index contributed by atoms with van der Waals surface area (Å²) in [5.41, 5.74) is 6.53. The number of ether oxygens (including phenoxy) is 1. The molecule has 0 unspecified atom stereocenters. The molecule has 1 fully saturated rings. The molecule has 0 aliphatic carbocycles. The Morgan fingerprint density at radius 1 is 0.971 bits per heavy atom. The number of phenolic OH excluding ortho intramolecular Hbond substituents is 1. The highest BCUT2D eigenvalue weighted by Crippen LogP contribution is 2.28. The molecular weight excluding hydrogens is 428 g/mol. The first-order chi connectivity index (χ1) is 16.5. The van der Waals surface area contributed by atoms with Crippen molar-refractivity contribution in [3.05, 3.63) is 89.5 Å². The lowest BCUT2D eigenvalue weighted by Crippen LogP contribution is -2.46. The highest BCUT2D eigenvalue weighted by Gasteiger charge is 2.19. The first-order valence-corrected chi connectivity index (χ1v) is 11.4. The normalized spacial score (nSPS) is 14.6. The van der Waals surface area contributed by atoms with Crippen molar-refractivity contribution in [2.24, 2.45) is 5.10 Å². The standard InChI is InChI=1S/C27H30N4O3/c1-20(23-7-3-5-9-25(23)32)28-29-27(33)22-13-11-21(12-14-22)19-30-15-17-31(18-16-30)24-8-4-6-10-26(24)34-2/h3-14,32H,15-19H2,1-2H3,(H,29,33). The van der Waals surface area contributed by atoms with Crippen LogP contribution in [0.2, 0.25) is 0 Å². The van der Waals surface area contributed by atoms with E-state index in [2.05, 4.69) is 26.4 Å². The molecule has 0 atom stereocenters. The number of piperazine rings is 1. The second-order valence-corrected chi connectivity index (χ2v) is 8.29. The predicted octanol–water partition coefficient (Wildman–Crippen LogP) is 3.88. The van der Waals surface area contributed by atoms with Gasteiger partial charge in [-0.1, -0.05) is 36.4 Å². The molecule has 0 spiro atoms. The Morgan fingerprint density at radius 2 is 1.65 bits per heavy atom. The van der Waals surface area contributed by atoms with Gasteiger partial charge in [0.2, 0.25) is 0 Å². The van der Waals surface area contributed by atoms with Crippen LogP contribution in [0.15, 0.2) is 77.9 Å². The lowest BCUT2D eigenvalue weighted by atomic mass is 10.1. The first kappa shape index (κ1) is 23.3. The molecule has 3 aromatic carbocycles. The molecule has 4 rings (SSSR count). The van der Waals surface area contributed by atoms with Crippen LogP contribution in [0.25, 0.3) is 0 Å². The highest BCUT2D eigenvalue weighted by atomic mass is 16.5. The van der Waals surface area contributed by atoms with Gasteiger partial charge in [-0.15, -0.1) is 0 Å². The molecule has 7 nitrogen and oxygen atoms in total. The number of phenols is 1. The fourth-order valence-electron chi connectivity index (χ4n) is 4.10. The van der Waals surface area contributed by atoms with Crippen molar-refractivity contribution < 1.29 is 14.6 Å². The summed E-state index contributed by atoms with van der Waals surface area (Å²) < 4.78 is 5.50. The second kappa shape index (κ2) is 10.9. The zero-order valence-electron chi connectivity index (χ0n) is 19.6. The molecule has 2 N–H and O–H groups in total. The minimum absolute atomic E-state index is 0.131. The smallest absolute Gasteiger partial charge is 0.271 e. The number of amides is 1. The van der Waals surface area contributed by atoms with Crippen LogP contribution >= 0.6 is 0 Å². The van der Waals surface area contributed by atoms with E-state index in [1.54, 1.807) is 32.2 Å². The summed E-state index contributed by atoms with van der Waals surface area (Å²) in [7, 11) is 1.71. The van der Waals surface area contributed by atoms with Gasteiger partial charge in [-0.3, -0.25) is 9.69 Å². The summed E-state index contributed by atoms with van der Waals surface area (Å²) in [4.78, 5) is 17.3. The SMILES string of the molecule is COc1ccccc1N1CCN(Cc2ccc(C(=O)NN=C(C)c3ccccc3O)cc2)CC1. The van der Waals surface area contributed by atoms with Crippen LogP contribution in [0, 0.1) is 0 Å². The zero-order valence-corrected chi connectivity index (χ0v) is 19.6. The van der Waals surface area contributed by atoms with E-state index in [-0.39, 0.29) is 11.7 Å². The fourth-order valence-corrected chi connectivity index (χ4v) is 4.10. The van der Waals surface area contributed by atoms with Crippen molar-refractivity contribution in [2.45, 2.75) is 13.5 Å². The third kappa shape index (κ3) is 5.55. The summed E-state index contributed by atoms with van der Waals surface area (Å²) in [6.45, 7) is 6.38. The Kier molecular flexibility index (Phi) is 7.44. The number of benzene rings is 3. The number of carbonyl (C=O) groups is 1. The number of nitrogens with zero attached hydrogens (tertiary/aromatic N) is 3. The Labute approximate surface area is 200 Å². The van der Waals surface area contributed by atoms with E-state index >= 15 is 0 Å². The van der Waals surface area contributed by atoms with E-state index in [1.165, 1.54) is 0 Å². The summed E-state index contributed by atoms with van der Waals surface area (Å²) in [5.74, 6) is 0.753. The minimum atomic E-state index is -0.285. The van der Waals surface area contributed by atoms with Crippen molar-refractivity contribution >= 4 is 17.3 Å². The number of anilines is 1. The van der Waals surface area contributed by atoms with E-state index in [9.17, 15) is 9.90 Å². The Balaban J connectivity index is 1.30. The number of methoxy groups -OCH3 is 1. The van der Waals surface area contributed by atoms with E-state index < -0.39 is 0 Å². The van der Waals surface area contributed by atoms with Crippen molar-refractivity contribution in [1.82, 2.24) is 10.3 Å². The highest BCUT2D eigenvalue weighted by molar-refractivity contribution is 6.02. The lowest BCUT2D eigenvalue weighted by Gasteiger charge is -2.36. The van der Waals surface area contributed by atoms with Crippen LogP contribution in [0.5, 0.6) is 11.5 Å². The number of nitrogens with one attached hydrogen (secondary N) is 1. The number of carbonyl (C=O) groups excluding carboxylic acids is 1. The maximum atomic E-state index is 12.5. The largest absolute Gasteiger partial charge is 0.507 e. The van der Waals surface area contributed by atoms with Gasteiger partial charge >= 0.3 is 0 Å². The van der Waals surface area contributed by atoms with Crippen LogP contribution < -0.4 is 15.1 Å². The minimum Gasteiger partial charge on any atom is -0.507 e. The van der Waals surface area contributed by atoms with Crippen LogP contribution in [0.3, 0.4) is 0 Å². The molecule has 34 heavy (non-hydrogen) atoms. The Morgan fingerprint density at radius 3 is 2.35 bits per heavy atom. The molecule has 7 heteroatoms. The van der Waals surface area contributed by atoms with Crippen LogP contribution in [0.1, 0.15) is 28.4 Å². The zero-order chi connectivity index (χ0) is 23.9. The van der Waals surface area contributed by atoms with Gasteiger partial charge in [-0.05, 0) is 48.9 Å². The van der Waals surface area contributed by atoms with Crippen LogP contribution in [-0.4, -0.2) is 54.9 Å². The quantitative estimate of drug-likeness (QED) is 0.415. The van der Waals surface area contributed by atoms with Gasteiger partial charge in [0.05, 0.1) is 18.5 Å². The number of hydrogen-bond donors (Lipinski definition) is 2. The third-order valence-electron chi connectivity index (χ3n) is 6.04. The van der Waals surface area contributed by atoms with Gasteiger partial charge in [-0.25, -0.2) is 5.43 Å². The average Bonchev–Trinajstić information content (AvgIpc) is 2.88. The van der Waals surface area contributed by atoms with Crippen LogP contribution in [-0.2, 0) is 6.54 Å². The first-order valence-electron chi connectivity index (χ1n) is 11.4. The lowest BCUT2D eigenvalue weighted by molar-refractivity contribution is 0.0954. The van der Waals surface area contributed by atoms with E-state index in [4.69, 9.17) is 4.74 Å². The molecule has 1 aliphatic heterocycles. The molecule has 0 radical (unpaired) electrons. The number of para-hydroxylation sites is 3. The molecule has 0 bridgehead atoms. The summed E-state index contributed by atoms with van der Waals surface area (Å²) >= 11 is 0. The summed E-state index contributed by atoms with van der Waals surface area (Å²) in [6, 6.07) is 22.6. The molecule has 1 heterocycles. The van der Waals surface area contributed by atoms with Gasteiger partial charge in [0.25, 0.3) is 5.91 Å². The van der Waals surface area contributed by atoms with Crippen molar-refractivity contribution in [3.8, 4) is 11.5 Å². The van der Waals surface area contributed by atoms with Crippen LogP contribution in [0.4, 0.5) is 5.69 Å². The van der Waals surface area contributed by atoms with Crippen molar-refractivity contribution in [3.63, 3.8) is 0 Å². The van der Waals surface area contributed by atoms with Crippen molar-refractivity contribution in [1.29, 1.82) is 0 Å². The molecule has 176 valence electrons. The molecule has 3 aromatic rings. The van der Waals surface area contributed by atoms with Gasteiger partial charge in [0, 0.05) is 43.9 Å². The third-order valence-corrected chi connectivity index (χ3v) is 6.04. The molecule has 1 aliphatic rings. The Hall–Kier alpha value is -3.84. The Bertz CT molecular complexity index is 1150. The van der Waals surface area contributed by atoms with Gasteiger partial charge < -0.3 is 14.7 Å². The summed E-state index contributed by atoms with van der Waals surface area (Å²) in [6.07, 6.45) is 0. The maximum Gasteiger partial charge on any atom is 0.271 e. The molecule has 0 saturated carbocycles. The van der Waals surface area contributed by atoms with Gasteiger partial charge in [-0.2, -0.15) is 5.10 Å². The fraction of sp³-hybridized carbons (Fsp3) is 0.259.